The summed E-state index contributed by atoms with van der Waals surface area (Å²) in [5, 5.41) is 9.28. The van der Waals surface area contributed by atoms with Gasteiger partial charge in [-0.25, -0.2) is 4.79 Å². The molecular formula is C30H41NO6S. The Morgan fingerprint density at radius 2 is 1.71 bits per heavy atom. The summed E-state index contributed by atoms with van der Waals surface area (Å²) in [7, 11) is 0.473. The number of aliphatic carboxylic acids is 1. The molecule has 2 aromatic carbocycles. The Morgan fingerprint density at radius 1 is 1.03 bits per heavy atom. The summed E-state index contributed by atoms with van der Waals surface area (Å²) in [6, 6.07) is 14.7. The summed E-state index contributed by atoms with van der Waals surface area (Å²) < 4.78 is 23.1. The Bertz CT molecular complexity index is 1110. The number of likely N-dealkylation sites (N-methyl/N-ethyl adjacent to an activating group) is 1. The molecule has 0 fully saturated rings. The van der Waals surface area contributed by atoms with E-state index in [0.29, 0.717) is 30.0 Å². The van der Waals surface area contributed by atoms with Gasteiger partial charge in [0.05, 0.1) is 13.5 Å². The van der Waals surface area contributed by atoms with E-state index in [0.717, 1.165) is 22.3 Å². The lowest BCUT2D eigenvalue weighted by atomic mass is 9.93. The van der Waals surface area contributed by atoms with Crippen LogP contribution >= 0.6 is 0 Å². The van der Waals surface area contributed by atoms with Crippen LogP contribution in [0.5, 0.6) is 5.75 Å². The number of hydrogen-bond donors (Lipinski definition) is 1. The molecule has 0 aliphatic heterocycles. The molecule has 0 aromatic heterocycles. The fourth-order valence-corrected chi connectivity index (χ4v) is 4.10. The van der Waals surface area contributed by atoms with Crippen molar-refractivity contribution in [2.75, 3.05) is 32.2 Å². The molecule has 0 spiro atoms. The lowest BCUT2D eigenvalue weighted by Crippen LogP contribution is -2.33. The van der Waals surface area contributed by atoms with E-state index in [4.69, 9.17) is 9.47 Å². The van der Waals surface area contributed by atoms with Gasteiger partial charge in [0.25, 0.3) is 0 Å². The van der Waals surface area contributed by atoms with Gasteiger partial charge in [0, 0.05) is 41.5 Å². The van der Waals surface area contributed by atoms with Gasteiger partial charge in [-0.2, -0.15) is 0 Å². The van der Waals surface area contributed by atoms with Gasteiger partial charge in [-0.1, -0.05) is 69.3 Å². The number of carboxylic acid groups (broad SMARTS) is 1. The van der Waals surface area contributed by atoms with E-state index < -0.39 is 22.9 Å². The van der Waals surface area contributed by atoms with E-state index in [9.17, 15) is 18.9 Å². The molecule has 0 aliphatic rings. The van der Waals surface area contributed by atoms with Gasteiger partial charge >= 0.3 is 12.1 Å². The number of amides is 1. The van der Waals surface area contributed by atoms with Crippen LogP contribution in [0.15, 0.2) is 66.3 Å². The first-order chi connectivity index (χ1) is 18.3. The number of allylic oxidation sites excluding steroid dienone is 1. The number of carbonyl (C=O) groups is 2. The van der Waals surface area contributed by atoms with Crippen LogP contribution in [-0.4, -0.2) is 58.5 Å². The van der Waals surface area contributed by atoms with Crippen molar-refractivity contribution in [2.24, 2.45) is 0 Å². The van der Waals surface area contributed by atoms with Gasteiger partial charge in [0.2, 0.25) is 0 Å². The second kappa shape index (κ2) is 18.0. The largest absolute Gasteiger partial charge is 0.496 e. The van der Waals surface area contributed by atoms with Gasteiger partial charge in [-0.15, -0.1) is 0 Å². The summed E-state index contributed by atoms with van der Waals surface area (Å²) >= 11 is 0. The van der Waals surface area contributed by atoms with Crippen LogP contribution < -0.4 is 4.74 Å². The van der Waals surface area contributed by atoms with Crippen molar-refractivity contribution in [1.82, 2.24) is 4.90 Å². The molecule has 2 rings (SSSR count). The molecule has 7 nitrogen and oxygen atoms in total. The molecule has 38 heavy (non-hydrogen) atoms. The minimum absolute atomic E-state index is 0.124. The predicted molar refractivity (Wildman–Crippen MR) is 155 cm³/mol. The van der Waals surface area contributed by atoms with Crippen molar-refractivity contribution in [3.8, 4) is 5.75 Å². The Balaban J connectivity index is 0.00000352. The highest BCUT2D eigenvalue weighted by atomic mass is 32.2. The molecule has 0 aliphatic carbocycles. The fraction of sp³-hybridized carbons (Fsp3) is 0.400. The zero-order chi connectivity index (χ0) is 28.5. The fourth-order valence-electron chi connectivity index (χ4n) is 3.67. The first-order valence-corrected chi connectivity index (χ1v) is 14.6. The first kappa shape index (κ1) is 32.6. The third-order valence-corrected chi connectivity index (χ3v) is 6.07. The number of ether oxygens (including phenoxy) is 2. The summed E-state index contributed by atoms with van der Waals surface area (Å²) in [5.74, 6) is -0.0332. The van der Waals surface area contributed by atoms with Crippen LogP contribution in [0.2, 0.25) is 0 Å². The molecule has 1 amide bonds. The average molecular weight is 544 g/mol. The molecule has 1 atom stereocenters. The number of hydrogen-bond acceptors (Lipinski definition) is 5. The topological polar surface area (TPSA) is 93.1 Å². The molecule has 0 bridgehead atoms. The normalized spacial score (nSPS) is 12.2. The van der Waals surface area contributed by atoms with Crippen molar-refractivity contribution in [2.45, 2.75) is 47.1 Å². The number of carboxylic acids is 1. The zero-order valence-corrected chi connectivity index (χ0v) is 24.2. The number of methoxy groups -OCH3 is 1. The van der Waals surface area contributed by atoms with Crippen LogP contribution in [0.4, 0.5) is 4.79 Å². The average Bonchev–Trinajstić information content (AvgIpc) is 2.92. The molecule has 1 N–H and O–H groups in total. The van der Waals surface area contributed by atoms with Crippen molar-refractivity contribution >= 4 is 28.4 Å². The van der Waals surface area contributed by atoms with Gasteiger partial charge in [0.15, 0.2) is 0 Å². The molecule has 0 heterocycles. The maximum absolute atomic E-state index is 12.9. The number of benzene rings is 2. The molecule has 2 aromatic rings. The number of carbonyl (C=O) groups excluding carboxylic acids is 1. The minimum atomic E-state index is -1.09. The Hall–Kier alpha value is -3.39. The smallest absolute Gasteiger partial charge is 0.410 e. The van der Waals surface area contributed by atoms with Crippen molar-refractivity contribution in [1.29, 1.82) is 0 Å². The highest BCUT2D eigenvalue weighted by molar-refractivity contribution is 7.84. The maximum Gasteiger partial charge on any atom is 0.410 e. The summed E-state index contributed by atoms with van der Waals surface area (Å²) in [5.41, 5.74) is 3.84. The second-order valence-corrected chi connectivity index (χ2v) is 9.63. The summed E-state index contributed by atoms with van der Waals surface area (Å²) in [6.07, 6.45) is 5.62. The molecular weight excluding hydrogens is 502 g/mol. The van der Waals surface area contributed by atoms with Gasteiger partial charge in [0.1, 0.15) is 12.4 Å². The van der Waals surface area contributed by atoms with E-state index in [1.165, 1.54) is 0 Å². The second-order valence-electron chi connectivity index (χ2n) is 8.15. The molecule has 0 saturated heterocycles. The van der Waals surface area contributed by atoms with Crippen LogP contribution in [0, 0.1) is 0 Å². The maximum atomic E-state index is 12.9. The monoisotopic (exact) mass is 543 g/mol. The predicted octanol–water partition coefficient (Wildman–Crippen LogP) is 6.11. The molecule has 0 radical (unpaired) electrons. The van der Waals surface area contributed by atoms with E-state index in [2.05, 4.69) is 0 Å². The lowest BCUT2D eigenvalue weighted by Gasteiger charge is -2.24. The highest BCUT2D eigenvalue weighted by Crippen LogP contribution is 2.33. The standard InChI is InChI=1S/C28H35NO6S.C2H6/c1-5-10-24(25-17-22(18-27(30)31)13-14-26(25)34-3)23(15-16-36(4)33)19-29(6-2)28(32)35-20-21-11-8-7-9-12-21;1-2/h7-15,17H,5-6,16,18-20H2,1-4H3,(H,30,31);1-2H3/b23-15-,24-10+;. The Labute approximate surface area is 229 Å². The molecule has 208 valence electrons. The Kier molecular flexibility index (Phi) is 15.4. The number of nitrogens with zero attached hydrogens (tertiary/aromatic N) is 1. The first-order valence-electron chi connectivity index (χ1n) is 12.8. The van der Waals surface area contributed by atoms with Gasteiger partial charge in [-0.05, 0) is 47.8 Å². The van der Waals surface area contributed by atoms with E-state index in [1.54, 1.807) is 36.5 Å². The van der Waals surface area contributed by atoms with Crippen molar-refractivity contribution in [3.63, 3.8) is 0 Å². The van der Waals surface area contributed by atoms with Gasteiger partial charge in [-0.3, -0.25) is 9.00 Å². The minimum Gasteiger partial charge on any atom is -0.496 e. The summed E-state index contributed by atoms with van der Waals surface area (Å²) in [6.45, 7) is 8.68. The van der Waals surface area contributed by atoms with E-state index >= 15 is 0 Å². The quantitative estimate of drug-likeness (QED) is 0.307. The lowest BCUT2D eigenvalue weighted by molar-refractivity contribution is -0.136. The van der Waals surface area contributed by atoms with Crippen molar-refractivity contribution < 1.29 is 28.4 Å². The zero-order valence-electron chi connectivity index (χ0n) is 23.4. The summed E-state index contributed by atoms with van der Waals surface area (Å²) in [4.78, 5) is 25.8. The molecule has 8 heteroatoms. The van der Waals surface area contributed by atoms with Crippen LogP contribution in [-0.2, 0) is 33.4 Å². The van der Waals surface area contributed by atoms with E-state index in [1.807, 2.05) is 70.2 Å². The Morgan fingerprint density at radius 3 is 2.26 bits per heavy atom. The van der Waals surface area contributed by atoms with Crippen LogP contribution in [0.25, 0.3) is 5.57 Å². The van der Waals surface area contributed by atoms with Gasteiger partial charge < -0.3 is 19.5 Å². The van der Waals surface area contributed by atoms with Crippen LogP contribution in [0.1, 0.15) is 50.8 Å². The highest BCUT2D eigenvalue weighted by Gasteiger charge is 2.20. The van der Waals surface area contributed by atoms with Crippen molar-refractivity contribution in [3.05, 3.63) is 82.9 Å². The SMILES string of the molecule is CC.CC/C=C(\C(=C/CS(C)=O)CN(CC)C(=O)OCc1ccccc1)c1cc(CC(=O)O)ccc1OC. The third-order valence-electron chi connectivity index (χ3n) is 5.43. The molecule has 0 saturated carbocycles. The number of rotatable bonds is 13. The van der Waals surface area contributed by atoms with Crippen LogP contribution in [0.3, 0.4) is 0 Å². The third kappa shape index (κ3) is 10.9. The molecule has 1 unspecified atom stereocenters. The van der Waals surface area contributed by atoms with E-state index in [-0.39, 0.29) is 19.6 Å².